The Labute approximate surface area is 150 Å². The predicted octanol–water partition coefficient (Wildman–Crippen LogP) is 1.90. The molecule has 4 fully saturated rings. The number of carboxylic acid groups (broad SMARTS) is 1. The zero-order valence-corrected chi connectivity index (χ0v) is 14.5. The molecule has 2 N–H and O–H groups in total. The highest BCUT2D eigenvalue weighted by molar-refractivity contribution is 5.85. The van der Waals surface area contributed by atoms with Gasteiger partial charge < -0.3 is 24.1 Å². The van der Waals surface area contributed by atoms with Crippen LogP contribution in [-0.2, 0) is 19.1 Å². The summed E-state index contributed by atoms with van der Waals surface area (Å²) in [7, 11) is 0. The van der Waals surface area contributed by atoms with Crippen molar-refractivity contribution in [3.05, 3.63) is 24.2 Å². The monoisotopic (exact) mass is 362 g/mol. The smallest absolute Gasteiger partial charge is 0.339 e. The molecule has 4 aliphatic rings. The molecule has 0 radical (unpaired) electrons. The van der Waals surface area contributed by atoms with Gasteiger partial charge in [-0.3, -0.25) is 4.79 Å². The van der Waals surface area contributed by atoms with Gasteiger partial charge in [-0.15, -0.1) is 0 Å². The van der Waals surface area contributed by atoms with Gasteiger partial charge >= 0.3 is 11.9 Å². The molecule has 5 rings (SSSR count). The quantitative estimate of drug-likeness (QED) is 0.774. The number of carboxylic acids is 1. The first-order chi connectivity index (χ1) is 12.4. The number of hydrogen-bond donors (Lipinski definition) is 2. The minimum Gasteiger partial charge on any atom is -0.481 e. The molecule has 7 nitrogen and oxygen atoms in total. The molecular formula is C19H22O7. The molecule has 0 aromatic carbocycles. The van der Waals surface area contributed by atoms with Gasteiger partial charge in [0.2, 0.25) is 0 Å². The zero-order valence-electron chi connectivity index (χ0n) is 14.5. The van der Waals surface area contributed by atoms with Crippen molar-refractivity contribution < 1.29 is 33.7 Å². The van der Waals surface area contributed by atoms with Gasteiger partial charge in [-0.25, -0.2) is 4.79 Å². The molecule has 7 heteroatoms. The Morgan fingerprint density at radius 3 is 2.81 bits per heavy atom. The molecule has 2 saturated heterocycles. The van der Waals surface area contributed by atoms with Gasteiger partial charge in [0.1, 0.15) is 6.10 Å². The third-order valence-electron chi connectivity index (χ3n) is 7.41. The van der Waals surface area contributed by atoms with Crippen molar-refractivity contribution in [3.8, 4) is 0 Å². The van der Waals surface area contributed by atoms with Crippen LogP contribution in [-0.4, -0.2) is 40.0 Å². The van der Waals surface area contributed by atoms with Crippen LogP contribution in [0.5, 0.6) is 0 Å². The number of hydrogen-bond acceptors (Lipinski definition) is 6. The van der Waals surface area contributed by atoms with E-state index in [2.05, 4.69) is 0 Å². The summed E-state index contributed by atoms with van der Waals surface area (Å²) < 4.78 is 17.2. The van der Waals surface area contributed by atoms with Crippen molar-refractivity contribution in [3.63, 3.8) is 0 Å². The van der Waals surface area contributed by atoms with Crippen LogP contribution in [0.1, 0.15) is 44.3 Å². The molecule has 3 heterocycles. The molecule has 6 unspecified atom stereocenters. The van der Waals surface area contributed by atoms with Crippen LogP contribution in [0.15, 0.2) is 23.0 Å². The number of furan rings is 1. The molecule has 2 bridgehead atoms. The lowest BCUT2D eigenvalue weighted by Crippen LogP contribution is -2.60. The van der Waals surface area contributed by atoms with Crippen LogP contribution in [0.3, 0.4) is 0 Å². The number of aliphatic hydroxyl groups excluding tert-OH is 1. The first kappa shape index (κ1) is 16.3. The van der Waals surface area contributed by atoms with E-state index in [-0.39, 0.29) is 30.3 Å². The van der Waals surface area contributed by atoms with Crippen LogP contribution < -0.4 is 0 Å². The molecule has 140 valence electrons. The van der Waals surface area contributed by atoms with Crippen LogP contribution in [0, 0.1) is 23.2 Å². The predicted molar refractivity (Wildman–Crippen MR) is 85.8 cm³/mol. The number of ether oxygens (including phenoxy) is 2. The van der Waals surface area contributed by atoms with E-state index >= 15 is 0 Å². The first-order valence-corrected chi connectivity index (χ1v) is 9.17. The molecule has 8 atom stereocenters. The Bertz CT molecular complexity index is 758. The highest BCUT2D eigenvalue weighted by atomic mass is 16.6. The van der Waals surface area contributed by atoms with Gasteiger partial charge in [0.15, 0.2) is 5.60 Å². The average Bonchev–Trinajstić information content (AvgIpc) is 3.27. The fourth-order valence-electron chi connectivity index (χ4n) is 6.23. The SMILES string of the molecule is C[C@@]12CC(c3ccoc3)O[C@@]13CC(OC3=O)C1C(C(=O)O)CC(O)CC12. The Morgan fingerprint density at radius 1 is 1.31 bits per heavy atom. The largest absolute Gasteiger partial charge is 0.481 e. The van der Waals surface area contributed by atoms with E-state index in [1.165, 1.54) is 0 Å². The summed E-state index contributed by atoms with van der Waals surface area (Å²) in [6.07, 6.45) is 3.39. The van der Waals surface area contributed by atoms with E-state index in [1.807, 2.05) is 13.0 Å². The maximum Gasteiger partial charge on any atom is 0.339 e. The number of carbonyl (C=O) groups is 2. The van der Waals surface area contributed by atoms with Crippen molar-refractivity contribution in [1.29, 1.82) is 0 Å². The van der Waals surface area contributed by atoms with E-state index in [1.54, 1.807) is 12.5 Å². The second-order valence-corrected chi connectivity index (χ2v) is 8.51. The second-order valence-electron chi connectivity index (χ2n) is 8.51. The first-order valence-electron chi connectivity index (χ1n) is 9.17. The molecule has 1 aromatic heterocycles. The third-order valence-corrected chi connectivity index (χ3v) is 7.41. The molecule has 1 aromatic rings. The van der Waals surface area contributed by atoms with Gasteiger partial charge in [-0.05, 0) is 31.2 Å². The summed E-state index contributed by atoms with van der Waals surface area (Å²) in [5.74, 6) is -2.45. The Kier molecular flexibility index (Phi) is 3.20. The summed E-state index contributed by atoms with van der Waals surface area (Å²) in [5, 5.41) is 20.1. The Morgan fingerprint density at radius 2 is 2.12 bits per heavy atom. The minimum atomic E-state index is -1.07. The number of esters is 1. The minimum absolute atomic E-state index is 0.144. The molecular weight excluding hydrogens is 340 g/mol. The van der Waals surface area contributed by atoms with Crippen molar-refractivity contribution in [2.75, 3.05) is 0 Å². The van der Waals surface area contributed by atoms with E-state index in [9.17, 15) is 19.8 Å². The van der Waals surface area contributed by atoms with Crippen LogP contribution in [0.2, 0.25) is 0 Å². The number of aliphatic hydroxyl groups is 1. The van der Waals surface area contributed by atoms with Crippen LogP contribution in [0.25, 0.3) is 0 Å². The fourth-order valence-corrected chi connectivity index (χ4v) is 6.23. The van der Waals surface area contributed by atoms with E-state index < -0.39 is 35.1 Å². The number of aliphatic carboxylic acids is 1. The Hall–Kier alpha value is -1.86. The lowest BCUT2D eigenvalue weighted by molar-refractivity contribution is -0.174. The van der Waals surface area contributed by atoms with Gasteiger partial charge in [-0.1, -0.05) is 6.92 Å². The summed E-state index contributed by atoms with van der Waals surface area (Å²) in [6, 6.07) is 1.83. The molecule has 0 amide bonds. The second kappa shape index (κ2) is 5.10. The van der Waals surface area contributed by atoms with Crippen LogP contribution >= 0.6 is 0 Å². The average molecular weight is 362 g/mol. The summed E-state index contributed by atoms with van der Waals surface area (Å²) in [5.41, 5.74) is -0.784. The topological polar surface area (TPSA) is 106 Å². The summed E-state index contributed by atoms with van der Waals surface area (Å²) >= 11 is 0. The fraction of sp³-hybridized carbons (Fsp3) is 0.684. The lowest BCUT2D eigenvalue weighted by Gasteiger charge is -2.53. The van der Waals surface area contributed by atoms with Crippen molar-refractivity contribution in [2.45, 2.75) is 56.5 Å². The van der Waals surface area contributed by atoms with Crippen molar-refractivity contribution >= 4 is 11.9 Å². The van der Waals surface area contributed by atoms with Gasteiger partial charge in [0.25, 0.3) is 0 Å². The Balaban J connectivity index is 1.61. The molecule has 2 aliphatic carbocycles. The standard InChI is InChI=1S/C19H22O7/c1-18-6-13(9-2-3-24-8-9)26-19(18)7-14(25-17(19)23)15-11(16(21)22)4-10(20)5-12(15)18/h2-3,8,10-15,20H,4-7H2,1H3,(H,21,22)/t10?,11?,12?,13?,14?,15?,18-,19+/m0/s1. The van der Waals surface area contributed by atoms with E-state index in [4.69, 9.17) is 13.9 Å². The number of fused-ring (bicyclic) bond motifs is 4. The van der Waals surface area contributed by atoms with Gasteiger partial charge in [-0.2, -0.15) is 0 Å². The zero-order chi connectivity index (χ0) is 18.3. The highest BCUT2D eigenvalue weighted by Crippen LogP contribution is 2.68. The number of carbonyl (C=O) groups excluding carboxylic acids is 1. The van der Waals surface area contributed by atoms with Crippen molar-refractivity contribution in [1.82, 2.24) is 0 Å². The van der Waals surface area contributed by atoms with Crippen molar-refractivity contribution in [2.24, 2.45) is 23.2 Å². The normalized spacial score (nSPS) is 49.4. The van der Waals surface area contributed by atoms with Gasteiger partial charge in [0, 0.05) is 23.3 Å². The molecule has 2 saturated carbocycles. The summed E-state index contributed by atoms with van der Waals surface area (Å²) in [4.78, 5) is 24.8. The lowest BCUT2D eigenvalue weighted by atomic mass is 9.49. The van der Waals surface area contributed by atoms with E-state index in [0.29, 0.717) is 19.3 Å². The maximum atomic E-state index is 12.9. The third kappa shape index (κ3) is 1.85. The van der Waals surface area contributed by atoms with E-state index in [0.717, 1.165) is 5.56 Å². The van der Waals surface area contributed by atoms with Gasteiger partial charge in [0.05, 0.1) is 30.7 Å². The highest BCUT2D eigenvalue weighted by Gasteiger charge is 2.76. The number of rotatable bonds is 2. The molecule has 2 aliphatic heterocycles. The van der Waals surface area contributed by atoms with Crippen LogP contribution in [0.4, 0.5) is 0 Å². The maximum absolute atomic E-state index is 12.9. The summed E-state index contributed by atoms with van der Waals surface area (Å²) in [6.45, 7) is 2.00. The molecule has 26 heavy (non-hydrogen) atoms. The molecule has 1 spiro atoms.